The highest BCUT2D eigenvalue weighted by Gasteiger charge is 2.11. The van der Waals surface area contributed by atoms with Crippen molar-refractivity contribution in [1.82, 2.24) is 5.32 Å². The van der Waals surface area contributed by atoms with E-state index >= 15 is 0 Å². The molecule has 2 N–H and O–H groups in total. The lowest BCUT2D eigenvalue weighted by Crippen LogP contribution is -2.26. The van der Waals surface area contributed by atoms with Gasteiger partial charge in [0.25, 0.3) is 0 Å². The van der Waals surface area contributed by atoms with Crippen LogP contribution in [0.25, 0.3) is 0 Å². The van der Waals surface area contributed by atoms with Crippen LogP contribution in [0.2, 0.25) is 0 Å². The molecule has 0 heterocycles. The number of carbonyl (C=O) groups excluding carboxylic acids is 1. The number of nitrogens with one attached hydrogen (secondary N) is 1. The maximum absolute atomic E-state index is 11.5. The molecule has 1 rings (SSSR count). The SMILES string of the molecule is CC(C)c1ccc([C@H](C)NC(=O)CCC(=O)O)cc1. The van der Waals surface area contributed by atoms with Crippen LogP contribution in [0.5, 0.6) is 0 Å². The van der Waals surface area contributed by atoms with Crippen molar-refractivity contribution in [3.8, 4) is 0 Å². The van der Waals surface area contributed by atoms with E-state index < -0.39 is 5.97 Å². The van der Waals surface area contributed by atoms with Gasteiger partial charge in [-0.3, -0.25) is 9.59 Å². The number of hydrogen-bond acceptors (Lipinski definition) is 2. The lowest BCUT2D eigenvalue weighted by molar-refractivity contribution is -0.138. The number of carboxylic acid groups (broad SMARTS) is 1. The Bertz CT molecular complexity index is 437. The van der Waals surface area contributed by atoms with E-state index in [2.05, 4.69) is 31.3 Å². The van der Waals surface area contributed by atoms with Crippen LogP contribution in [0.15, 0.2) is 24.3 Å². The second-order valence-corrected chi connectivity index (χ2v) is 5.00. The standard InChI is InChI=1S/C15H21NO3/c1-10(2)12-4-6-13(7-5-12)11(3)16-14(17)8-9-15(18)19/h4-7,10-11H,8-9H2,1-3H3,(H,16,17)(H,18,19)/t11-/m0/s1. The van der Waals surface area contributed by atoms with Gasteiger partial charge in [-0.15, -0.1) is 0 Å². The third-order valence-corrected chi connectivity index (χ3v) is 3.05. The Kier molecular flexibility index (Phi) is 5.55. The van der Waals surface area contributed by atoms with Gasteiger partial charge in [-0.2, -0.15) is 0 Å². The van der Waals surface area contributed by atoms with E-state index in [1.165, 1.54) is 5.56 Å². The monoisotopic (exact) mass is 263 g/mol. The van der Waals surface area contributed by atoms with Crippen molar-refractivity contribution >= 4 is 11.9 Å². The summed E-state index contributed by atoms with van der Waals surface area (Å²) in [5.41, 5.74) is 2.28. The second-order valence-electron chi connectivity index (χ2n) is 5.00. The maximum atomic E-state index is 11.5. The smallest absolute Gasteiger partial charge is 0.303 e. The zero-order valence-electron chi connectivity index (χ0n) is 11.6. The summed E-state index contributed by atoms with van der Waals surface area (Å²) in [6.07, 6.45) is -0.116. The number of aliphatic carboxylic acids is 1. The van der Waals surface area contributed by atoms with Gasteiger partial charge in [-0.25, -0.2) is 0 Å². The summed E-state index contributed by atoms with van der Waals surface area (Å²) in [7, 11) is 0. The van der Waals surface area contributed by atoms with Crippen molar-refractivity contribution in [2.75, 3.05) is 0 Å². The number of hydrogen-bond donors (Lipinski definition) is 2. The molecular formula is C15H21NO3. The van der Waals surface area contributed by atoms with Crippen molar-refractivity contribution in [2.24, 2.45) is 0 Å². The number of benzene rings is 1. The molecule has 0 saturated carbocycles. The van der Waals surface area contributed by atoms with Crippen LogP contribution < -0.4 is 5.32 Å². The van der Waals surface area contributed by atoms with Crippen LogP contribution in [-0.4, -0.2) is 17.0 Å². The molecule has 0 saturated heterocycles. The molecular weight excluding hydrogens is 242 g/mol. The molecule has 1 aromatic carbocycles. The van der Waals surface area contributed by atoms with Gasteiger partial charge >= 0.3 is 5.97 Å². The fourth-order valence-corrected chi connectivity index (χ4v) is 1.79. The Morgan fingerprint density at radius 2 is 1.58 bits per heavy atom. The molecule has 4 heteroatoms. The van der Waals surface area contributed by atoms with E-state index in [-0.39, 0.29) is 24.8 Å². The van der Waals surface area contributed by atoms with Gasteiger partial charge in [0.1, 0.15) is 0 Å². The van der Waals surface area contributed by atoms with Gasteiger partial charge in [0.15, 0.2) is 0 Å². The Labute approximate surface area is 113 Å². The van der Waals surface area contributed by atoms with E-state index in [1.807, 2.05) is 19.1 Å². The molecule has 0 unspecified atom stereocenters. The molecule has 0 aromatic heterocycles. The Morgan fingerprint density at radius 1 is 1.05 bits per heavy atom. The molecule has 19 heavy (non-hydrogen) atoms. The molecule has 4 nitrogen and oxygen atoms in total. The maximum Gasteiger partial charge on any atom is 0.303 e. The van der Waals surface area contributed by atoms with Crippen molar-refractivity contribution in [2.45, 2.75) is 45.6 Å². The van der Waals surface area contributed by atoms with Gasteiger partial charge in [0.05, 0.1) is 12.5 Å². The zero-order chi connectivity index (χ0) is 14.4. The lowest BCUT2D eigenvalue weighted by Gasteiger charge is -2.15. The predicted molar refractivity (Wildman–Crippen MR) is 74.0 cm³/mol. The average molecular weight is 263 g/mol. The Morgan fingerprint density at radius 3 is 2.05 bits per heavy atom. The minimum absolute atomic E-state index is 0.0176. The van der Waals surface area contributed by atoms with E-state index in [1.54, 1.807) is 0 Å². The van der Waals surface area contributed by atoms with Crippen LogP contribution >= 0.6 is 0 Å². The molecule has 0 bridgehead atoms. The summed E-state index contributed by atoms with van der Waals surface area (Å²) in [5.74, 6) is -0.707. The highest BCUT2D eigenvalue weighted by Crippen LogP contribution is 2.18. The Hall–Kier alpha value is -1.84. The third kappa shape index (κ3) is 5.12. The van der Waals surface area contributed by atoms with Crippen LogP contribution in [0.3, 0.4) is 0 Å². The predicted octanol–water partition coefficient (Wildman–Crippen LogP) is 2.85. The minimum atomic E-state index is -0.955. The normalized spacial score (nSPS) is 12.2. The summed E-state index contributed by atoms with van der Waals surface area (Å²) in [5, 5.41) is 11.3. The topological polar surface area (TPSA) is 66.4 Å². The highest BCUT2D eigenvalue weighted by molar-refractivity contribution is 5.80. The number of rotatable bonds is 6. The Balaban J connectivity index is 2.55. The molecule has 0 aliphatic rings. The molecule has 0 fully saturated rings. The van der Waals surface area contributed by atoms with E-state index in [4.69, 9.17) is 5.11 Å². The van der Waals surface area contributed by atoms with Crippen LogP contribution in [0, 0.1) is 0 Å². The van der Waals surface area contributed by atoms with Crippen molar-refractivity contribution in [3.05, 3.63) is 35.4 Å². The second kappa shape index (κ2) is 6.92. The first-order chi connectivity index (χ1) is 8.90. The minimum Gasteiger partial charge on any atom is -0.481 e. The van der Waals surface area contributed by atoms with Gasteiger partial charge in [0.2, 0.25) is 5.91 Å². The average Bonchev–Trinajstić information content (AvgIpc) is 2.36. The first-order valence-electron chi connectivity index (χ1n) is 6.51. The van der Waals surface area contributed by atoms with Gasteiger partial charge in [-0.1, -0.05) is 38.1 Å². The van der Waals surface area contributed by atoms with Crippen LogP contribution in [0.1, 0.15) is 56.7 Å². The van der Waals surface area contributed by atoms with Gasteiger partial charge in [0, 0.05) is 6.42 Å². The van der Waals surface area contributed by atoms with E-state index in [0.717, 1.165) is 5.56 Å². The molecule has 0 spiro atoms. The molecule has 0 aliphatic heterocycles. The van der Waals surface area contributed by atoms with E-state index in [9.17, 15) is 9.59 Å². The van der Waals surface area contributed by atoms with E-state index in [0.29, 0.717) is 5.92 Å². The first-order valence-corrected chi connectivity index (χ1v) is 6.51. The largest absolute Gasteiger partial charge is 0.481 e. The summed E-state index contributed by atoms with van der Waals surface area (Å²) < 4.78 is 0. The molecule has 104 valence electrons. The summed E-state index contributed by atoms with van der Waals surface area (Å²) >= 11 is 0. The van der Waals surface area contributed by atoms with Crippen LogP contribution in [0.4, 0.5) is 0 Å². The fourth-order valence-electron chi connectivity index (χ4n) is 1.79. The number of carboxylic acids is 1. The third-order valence-electron chi connectivity index (χ3n) is 3.05. The summed E-state index contributed by atoms with van der Waals surface area (Å²) in [6, 6.07) is 8.00. The first kappa shape index (κ1) is 15.2. The van der Waals surface area contributed by atoms with Crippen LogP contribution in [-0.2, 0) is 9.59 Å². The zero-order valence-corrected chi connectivity index (χ0v) is 11.6. The fraction of sp³-hybridized carbons (Fsp3) is 0.467. The summed E-state index contributed by atoms with van der Waals surface area (Å²) in [6.45, 7) is 6.15. The molecule has 0 radical (unpaired) electrons. The highest BCUT2D eigenvalue weighted by atomic mass is 16.4. The van der Waals surface area contributed by atoms with Gasteiger partial charge in [-0.05, 0) is 24.0 Å². The van der Waals surface area contributed by atoms with Crippen molar-refractivity contribution < 1.29 is 14.7 Å². The van der Waals surface area contributed by atoms with Crippen molar-refractivity contribution in [3.63, 3.8) is 0 Å². The summed E-state index contributed by atoms with van der Waals surface area (Å²) in [4.78, 5) is 21.9. The van der Waals surface area contributed by atoms with Gasteiger partial charge < -0.3 is 10.4 Å². The molecule has 1 amide bonds. The number of carbonyl (C=O) groups is 2. The lowest BCUT2D eigenvalue weighted by atomic mass is 9.99. The molecule has 1 atom stereocenters. The molecule has 0 aliphatic carbocycles. The van der Waals surface area contributed by atoms with Crippen molar-refractivity contribution in [1.29, 1.82) is 0 Å². The number of amides is 1. The molecule has 1 aromatic rings. The quantitative estimate of drug-likeness (QED) is 0.829.